The summed E-state index contributed by atoms with van der Waals surface area (Å²) in [4.78, 5) is 1.30. The van der Waals surface area contributed by atoms with Crippen LogP contribution in [0, 0.1) is 0 Å². The van der Waals surface area contributed by atoms with Crippen LogP contribution in [0.3, 0.4) is 0 Å². The third-order valence-electron chi connectivity index (χ3n) is 3.39. The summed E-state index contributed by atoms with van der Waals surface area (Å²) in [5, 5.41) is 5.74. The minimum absolute atomic E-state index is 0.289. The number of rotatable bonds is 4. The van der Waals surface area contributed by atoms with Crippen LogP contribution < -0.4 is 5.32 Å². The molecular formula is C18H17NS. The quantitative estimate of drug-likeness (QED) is 0.656. The van der Waals surface area contributed by atoms with Gasteiger partial charge in [-0.25, -0.2) is 0 Å². The van der Waals surface area contributed by atoms with Gasteiger partial charge in [-0.05, 0) is 30.0 Å². The first-order valence-corrected chi connectivity index (χ1v) is 7.67. The van der Waals surface area contributed by atoms with E-state index in [1.165, 1.54) is 21.7 Å². The van der Waals surface area contributed by atoms with Crippen LogP contribution in [0.1, 0.15) is 18.5 Å². The van der Waals surface area contributed by atoms with Crippen LogP contribution in [-0.2, 0) is 0 Å². The number of hydrogen-bond donors (Lipinski definition) is 1. The van der Waals surface area contributed by atoms with Crippen molar-refractivity contribution in [1.82, 2.24) is 0 Å². The summed E-state index contributed by atoms with van der Waals surface area (Å²) in [7, 11) is 0. The van der Waals surface area contributed by atoms with E-state index >= 15 is 0 Å². The first kappa shape index (κ1) is 12.9. The van der Waals surface area contributed by atoms with Crippen molar-refractivity contribution in [3.63, 3.8) is 0 Å². The van der Waals surface area contributed by atoms with E-state index in [2.05, 4.69) is 84.4 Å². The van der Waals surface area contributed by atoms with E-state index in [9.17, 15) is 0 Å². The molecule has 1 unspecified atom stereocenters. The third kappa shape index (κ3) is 2.75. The average Bonchev–Trinajstić information content (AvgIpc) is 3.03. The number of nitrogens with one attached hydrogen (secondary N) is 1. The Labute approximate surface area is 123 Å². The lowest BCUT2D eigenvalue weighted by Gasteiger charge is -2.18. The molecule has 0 fully saturated rings. The molecule has 20 heavy (non-hydrogen) atoms. The summed E-state index contributed by atoms with van der Waals surface area (Å²) in [6.07, 6.45) is 0. The van der Waals surface area contributed by atoms with Crippen LogP contribution >= 0.6 is 11.3 Å². The molecule has 1 nitrogen and oxygen atoms in total. The van der Waals surface area contributed by atoms with E-state index in [1.807, 2.05) is 0 Å². The minimum Gasteiger partial charge on any atom is -0.378 e. The minimum atomic E-state index is 0.289. The van der Waals surface area contributed by atoms with Gasteiger partial charge >= 0.3 is 0 Å². The largest absolute Gasteiger partial charge is 0.378 e. The Kier molecular flexibility index (Phi) is 3.84. The fourth-order valence-electron chi connectivity index (χ4n) is 2.31. The van der Waals surface area contributed by atoms with E-state index in [1.54, 1.807) is 11.3 Å². The number of anilines is 1. The SMILES string of the molecule is CC(Nc1ccccc1-c1cccs1)c1ccccc1. The predicted octanol–water partition coefficient (Wildman–Crippen LogP) is 5.59. The summed E-state index contributed by atoms with van der Waals surface area (Å²) in [5.74, 6) is 0. The number of hydrogen-bond acceptors (Lipinski definition) is 2. The maximum Gasteiger partial charge on any atom is 0.0485 e. The maximum atomic E-state index is 3.62. The van der Waals surface area contributed by atoms with Crippen molar-refractivity contribution in [3.8, 4) is 10.4 Å². The Morgan fingerprint density at radius 1 is 0.850 bits per heavy atom. The van der Waals surface area contributed by atoms with E-state index in [-0.39, 0.29) is 6.04 Å². The standard InChI is InChI=1S/C18H17NS/c1-14(15-8-3-2-4-9-15)19-17-11-6-5-10-16(17)18-12-7-13-20-18/h2-14,19H,1H3. The van der Waals surface area contributed by atoms with Crippen LogP contribution in [0.2, 0.25) is 0 Å². The summed E-state index contributed by atoms with van der Waals surface area (Å²) >= 11 is 1.77. The van der Waals surface area contributed by atoms with Gasteiger partial charge in [0.05, 0.1) is 0 Å². The van der Waals surface area contributed by atoms with Crippen molar-refractivity contribution in [2.75, 3.05) is 5.32 Å². The van der Waals surface area contributed by atoms with Gasteiger partial charge in [0.1, 0.15) is 0 Å². The number of benzene rings is 2. The van der Waals surface area contributed by atoms with Gasteiger partial charge in [0.25, 0.3) is 0 Å². The molecule has 2 heteroatoms. The van der Waals surface area contributed by atoms with E-state index in [0.29, 0.717) is 0 Å². The highest BCUT2D eigenvalue weighted by atomic mass is 32.1. The molecule has 0 saturated carbocycles. The molecule has 0 aliphatic carbocycles. The van der Waals surface area contributed by atoms with Gasteiger partial charge < -0.3 is 5.32 Å². The molecule has 1 heterocycles. The first-order chi connectivity index (χ1) is 9.84. The topological polar surface area (TPSA) is 12.0 Å². The highest BCUT2D eigenvalue weighted by molar-refractivity contribution is 7.13. The second kappa shape index (κ2) is 5.93. The van der Waals surface area contributed by atoms with Crippen molar-refractivity contribution in [2.45, 2.75) is 13.0 Å². The van der Waals surface area contributed by atoms with Crippen LogP contribution in [-0.4, -0.2) is 0 Å². The highest BCUT2D eigenvalue weighted by Crippen LogP contribution is 2.33. The van der Waals surface area contributed by atoms with Gasteiger partial charge in [-0.2, -0.15) is 0 Å². The molecule has 0 radical (unpaired) electrons. The van der Waals surface area contributed by atoms with Crippen molar-refractivity contribution < 1.29 is 0 Å². The number of thiophene rings is 1. The van der Waals surface area contributed by atoms with Gasteiger partial charge in [-0.3, -0.25) is 0 Å². The summed E-state index contributed by atoms with van der Waals surface area (Å²) in [6.45, 7) is 2.19. The molecule has 1 atom stereocenters. The molecule has 2 aromatic carbocycles. The Bertz CT molecular complexity index is 659. The van der Waals surface area contributed by atoms with Crippen molar-refractivity contribution >= 4 is 17.0 Å². The van der Waals surface area contributed by atoms with Gasteiger partial charge in [-0.15, -0.1) is 11.3 Å². The molecule has 3 aromatic rings. The molecule has 0 aliphatic heterocycles. The zero-order valence-corrected chi connectivity index (χ0v) is 12.2. The summed E-state index contributed by atoms with van der Waals surface area (Å²) in [5.41, 5.74) is 3.75. The van der Waals surface area contributed by atoms with Gasteiger partial charge in [0, 0.05) is 22.2 Å². The molecule has 0 bridgehead atoms. The molecule has 0 spiro atoms. The Morgan fingerprint density at radius 3 is 2.35 bits per heavy atom. The third-order valence-corrected chi connectivity index (χ3v) is 4.29. The zero-order valence-electron chi connectivity index (χ0n) is 11.4. The van der Waals surface area contributed by atoms with Crippen molar-refractivity contribution in [3.05, 3.63) is 77.7 Å². The van der Waals surface area contributed by atoms with Crippen molar-refractivity contribution in [1.29, 1.82) is 0 Å². The van der Waals surface area contributed by atoms with Crippen LogP contribution in [0.15, 0.2) is 72.1 Å². The first-order valence-electron chi connectivity index (χ1n) is 6.79. The van der Waals surface area contributed by atoms with Crippen LogP contribution in [0.5, 0.6) is 0 Å². The van der Waals surface area contributed by atoms with E-state index < -0.39 is 0 Å². The summed E-state index contributed by atoms with van der Waals surface area (Å²) < 4.78 is 0. The van der Waals surface area contributed by atoms with E-state index in [0.717, 1.165) is 0 Å². The molecule has 0 amide bonds. The Balaban J connectivity index is 1.88. The smallest absolute Gasteiger partial charge is 0.0485 e. The lowest BCUT2D eigenvalue weighted by atomic mass is 10.1. The average molecular weight is 279 g/mol. The van der Waals surface area contributed by atoms with Gasteiger partial charge in [0.2, 0.25) is 0 Å². The second-order valence-electron chi connectivity index (χ2n) is 4.80. The summed E-state index contributed by atoms with van der Waals surface area (Å²) in [6, 6.07) is 23.6. The molecule has 3 rings (SSSR count). The second-order valence-corrected chi connectivity index (χ2v) is 5.75. The normalized spacial score (nSPS) is 12.1. The highest BCUT2D eigenvalue weighted by Gasteiger charge is 2.09. The molecule has 0 saturated heterocycles. The molecule has 100 valence electrons. The van der Waals surface area contributed by atoms with Crippen molar-refractivity contribution in [2.24, 2.45) is 0 Å². The van der Waals surface area contributed by atoms with Gasteiger partial charge in [0.15, 0.2) is 0 Å². The van der Waals surface area contributed by atoms with Crippen LogP contribution in [0.4, 0.5) is 5.69 Å². The monoisotopic (exact) mass is 279 g/mol. The fraction of sp³-hybridized carbons (Fsp3) is 0.111. The van der Waals surface area contributed by atoms with E-state index in [4.69, 9.17) is 0 Å². The zero-order chi connectivity index (χ0) is 13.8. The van der Waals surface area contributed by atoms with Gasteiger partial charge in [-0.1, -0.05) is 54.6 Å². The molecule has 1 N–H and O–H groups in total. The predicted molar refractivity (Wildman–Crippen MR) is 88.2 cm³/mol. The lowest BCUT2D eigenvalue weighted by molar-refractivity contribution is 0.885. The number of para-hydroxylation sites is 1. The molecular weight excluding hydrogens is 262 g/mol. The fourth-order valence-corrected chi connectivity index (χ4v) is 3.08. The Hall–Kier alpha value is -2.06. The Morgan fingerprint density at radius 2 is 1.60 bits per heavy atom. The maximum absolute atomic E-state index is 3.62. The molecule has 0 aliphatic rings. The lowest BCUT2D eigenvalue weighted by Crippen LogP contribution is -2.07. The van der Waals surface area contributed by atoms with Crippen LogP contribution in [0.25, 0.3) is 10.4 Å². The molecule has 1 aromatic heterocycles.